The Bertz CT molecular complexity index is 55.9. The molecular formula is C2H13B3O9. The van der Waals surface area contributed by atoms with Gasteiger partial charge in [0.2, 0.25) is 0 Å². The van der Waals surface area contributed by atoms with Crippen molar-refractivity contribution in [2.75, 3.05) is 0 Å². The van der Waals surface area contributed by atoms with Crippen LogP contribution in [-0.4, -0.2) is 67.2 Å². The van der Waals surface area contributed by atoms with Crippen LogP contribution in [0.5, 0.6) is 0 Å². The van der Waals surface area contributed by atoms with Gasteiger partial charge in [-0.1, -0.05) is 0 Å². The van der Waals surface area contributed by atoms with Crippen LogP contribution in [0.25, 0.3) is 0 Å². The number of rotatable bonds is 0. The van der Waals surface area contributed by atoms with Gasteiger partial charge in [-0.2, -0.15) is 0 Å². The molecule has 9 N–H and O–H groups in total. The van der Waals surface area contributed by atoms with Crippen LogP contribution in [-0.2, 0) is 0 Å². The monoisotopic (exact) mass is 214 g/mol. The number of hydrogen-bond donors (Lipinski definition) is 9. The van der Waals surface area contributed by atoms with Crippen molar-refractivity contribution in [3.05, 3.63) is 13.2 Å². The number of hydrogen-bond acceptors (Lipinski definition) is 9. The van der Waals surface area contributed by atoms with Gasteiger partial charge in [0.05, 0.1) is 0 Å². The molecule has 0 aromatic heterocycles. The fraction of sp³-hybridized carbons (Fsp3) is 0. The van der Waals surface area contributed by atoms with Gasteiger partial charge in [0.1, 0.15) is 0 Å². The molecule has 0 heterocycles. The van der Waals surface area contributed by atoms with Crippen molar-refractivity contribution in [2.45, 2.75) is 0 Å². The Morgan fingerprint density at radius 1 is 0.429 bits per heavy atom. The molecule has 0 spiro atoms. The van der Waals surface area contributed by atoms with E-state index in [-0.39, 0.29) is 0 Å². The van der Waals surface area contributed by atoms with E-state index in [0.717, 1.165) is 0 Å². The molecule has 0 bridgehead atoms. The lowest BCUT2D eigenvalue weighted by Gasteiger charge is -1.69. The van der Waals surface area contributed by atoms with Gasteiger partial charge in [-0.15, -0.1) is 13.2 Å². The maximum absolute atomic E-state index is 7.17. The van der Waals surface area contributed by atoms with Crippen LogP contribution in [0, 0.1) is 0 Å². The summed E-state index contributed by atoms with van der Waals surface area (Å²) in [6.07, 6.45) is 0. The summed E-state index contributed by atoms with van der Waals surface area (Å²) in [5.74, 6) is 0. The van der Waals surface area contributed by atoms with Crippen molar-refractivity contribution >= 4 is 22.0 Å². The zero-order chi connectivity index (χ0) is 12.7. The van der Waals surface area contributed by atoms with Crippen LogP contribution in [0.15, 0.2) is 13.2 Å². The zero-order valence-corrected chi connectivity index (χ0v) is 7.17. The fourth-order valence-corrected chi connectivity index (χ4v) is 0. The molecule has 9 nitrogen and oxygen atoms in total. The summed E-state index contributed by atoms with van der Waals surface area (Å²) in [6.45, 7) is 6.00. The highest BCUT2D eigenvalue weighted by molar-refractivity contribution is 6.31. The topological polar surface area (TPSA) is 182 Å². The summed E-state index contributed by atoms with van der Waals surface area (Å²) >= 11 is 0. The minimum Gasteiger partial charge on any atom is -0.402 e. The molecule has 0 aliphatic rings. The minimum atomic E-state index is -2.17. The zero-order valence-electron chi connectivity index (χ0n) is 7.17. The Labute approximate surface area is 81.4 Å². The first-order valence-electron chi connectivity index (χ1n) is 2.82. The standard InChI is InChI=1S/C2H4.3BH3O3/c1-2;3*2-1(3)4/h1-2H2;3*2-4H. The quantitative estimate of drug-likeness (QED) is 0.140. The Balaban J connectivity index is -0.0000000492. The van der Waals surface area contributed by atoms with Crippen molar-refractivity contribution in [2.24, 2.45) is 0 Å². The van der Waals surface area contributed by atoms with Crippen molar-refractivity contribution in [3.63, 3.8) is 0 Å². The van der Waals surface area contributed by atoms with E-state index >= 15 is 0 Å². The smallest absolute Gasteiger partial charge is 0.402 e. The van der Waals surface area contributed by atoms with E-state index in [2.05, 4.69) is 13.2 Å². The fourth-order valence-electron chi connectivity index (χ4n) is 0. The van der Waals surface area contributed by atoms with Crippen LogP contribution in [0.4, 0.5) is 0 Å². The third-order valence-electron chi connectivity index (χ3n) is 0. The molecule has 0 fully saturated rings. The predicted octanol–water partition coefficient (Wildman–Crippen LogP) is -5.35. The van der Waals surface area contributed by atoms with E-state index in [9.17, 15) is 0 Å². The van der Waals surface area contributed by atoms with Crippen molar-refractivity contribution in [1.29, 1.82) is 0 Å². The van der Waals surface area contributed by atoms with E-state index in [1.807, 2.05) is 0 Å². The summed E-state index contributed by atoms with van der Waals surface area (Å²) < 4.78 is 0. The van der Waals surface area contributed by atoms with E-state index in [1.165, 1.54) is 0 Å². The molecular weight excluding hydrogens is 200 g/mol. The average Bonchev–Trinajstić information content (AvgIpc) is 1.86. The first-order valence-corrected chi connectivity index (χ1v) is 2.82. The average molecular weight is 214 g/mol. The largest absolute Gasteiger partial charge is 0.631 e. The second-order valence-corrected chi connectivity index (χ2v) is 1.04. The molecule has 0 amide bonds. The summed E-state index contributed by atoms with van der Waals surface area (Å²) in [6, 6.07) is 0. The lowest BCUT2D eigenvalue weighted by molar-refractivity contribution is 0.276. The molecule has 0 unspecified atom stereocenters. The van der Waals surface area contributed by atoms with Crippen molar-refractivity contribution < 1.29 is 45.2 Å². The molecule has 0 aliphatic carbocycles. The lowest BCUT2D eigenvalue weighted by Crippen LogP contribution is -2.07. The van der Waals surface area contributed by atoms with Crippen LogP contribution < -0.4 is 0 Å². The van der Waals surface area contributed by atoms with Crippen LogP contribution in [0.3, 0.4) is 0 Å². The van der Waals surface area contributed by atoms with Crippen LogP contribution in [0.1, 0.15) is 0 Å². The van der Waals surface area contributed by atoms with Crippen LogP contribution >= 0.6 is 0 Å². The summed E-state index contributed by atoms with van der Waals surface area (Å²) in [4.78, 5) is 0. The summed E-state index contributed by atoms with van der Waals surface area (Å²) in [5.41, 5.74) is 0. The second-order valence-electron chi connectivity index (χ2n) is 1.04. The highest BCUT2D eigenvalue weighted by atomic mass is 16.5. The Morgan fingerprint density at radius 3 is 0.429 bits per heavy atom. The second kappa shape index (κ2) is 22.9. The van der Waals surface area contributed by atoms with Gasteiger partial charge >= 0.3 is 22.0 Å². The Hall–Kier alpha value is -0.425. The molecule has 0 aliphatic heterocycles. The van der Waals surface area contributed by atoms with Gasteiger partial charge in [-0.25, -0.2) is 0 Å². The molecule has 0 radical (unpaired) electrons. The maximum Gasteiger partial charge on any atom is 0.631 e. The third-order valence-corrected chi connectivity index (χ3v) is 0. The molecule has 0 rings (SSSR count). The molecule has 84 valence electrons. The Morgan fingerprint density at radius 2 is 0.429 bits per heavy atom. The highest BCUT2D eigenvalue weighted by Gasteiger charge is 1.93. The molecule has 14 heavy (non-hydrogen) atoms. The van der Waals surface area contributed by atoms with Crippen molar-refractivity contribution in [3.8, 4) is 0 Å². The van der Waals surface area contributed by atoms with E-state index in [1.54, 1.807) is 0 Å². The van der Waals surface area contributed by atoms with E-state index in [0.29, 0.717) is 0 Å². The van der Waals surface area contributed by atoms with Gasteiger partial charge in [0.15, 0.2) is 0 Å². The first-order chi connectivity index (χ1) is 6.20. The van der Waals surface area contributed by atoms with Crippen LogP contribution in [0.2, 0.25) is 0 Å². The SMILES string of the molecule is C=C.OB(O)O.OB(O)O.OB(O)O. The van der Waals surface area contributed by atoms with E-state index in [4.69, 9.17) is 45.2 Å². The molecule has 0 saturated heterocycles. The van der Waals surface area contributed by atoms with Gasteiger partial charge in [0.25, 0.3) is 0 Å². The van der Waals surface area contributed by atoms with Gasteiger partial charge in [0, 0.05) is 0 Å². The third kappa shape index (κ3) is 7160. The maximum atomic E-state index is 7.17. The van der Waals surface area contributed by atoms with E-state index < -0.39 is 22.0 Å². The molecule has 0 aromatic rings. The summed E-state index contributed by atoms with van der Waals surface area (Å²) in [7, 11) is -6.50. The van der Waals surface area contributed by atoms with Gasteiger partial charge < -0.3 is 45.2 Å². The molecule has 0 atom stereocenters. The van der Waals surface area contributed by atoms with Gasteiger partial charge in [-0.3, -0.25) is 0 Å². The molecule has 0 aromatic carbocycles. The van der Waals surface area contributed by atoms with Crippen molar-refractivity contribution in [1.82, 2.24) is 0 Å². The summed E-state index contributed by atoms with van der Waals surface area (Å²) in [5, 5.41) is 64.5. The molecule has 0 saturated carbocycles. The van der Waals surface area contributed by atoms with Gasteiger partial charge in [-0.05, 0) is 0 Å². The minimum absolute atomic E-state index is 2.17. The Kier molecular flexibility index (Phi) is 38.3. The lowest BCUT2D eigenvalue weighted by atomic mass is 10.3. The highest BCUT2D eigenvalue weighted by Crippen LogP contribution is 1.41. The predicted molar refractivity (Wildman–Crippen MR) is 48.5 cm³/mol. The first kappa shape index (κ1) is 23.4. The molecule has 12 heteroatoms. The normalized spacial score (nSPS) is 6.07.